The molecule has 0 spiro atoms. The molecule has 0 saturated carbocycles. The van der Waals surface area contributed by atoms with E-state index in [2.05, 4.69) is 0 Å². The highest BCUT2D eigenvalue weighted by atomic mass is 16.4. The second kappa shape index (κ2) is 4.91. The minimum atomic E-state index is -0.955. The third-order valence-electron chi connectivity index (χ3n) is 2.63. The van der Waals surface area contributed by atoms with E-state index in [0.29, 0.717) is 25.7 Å². The molecule has 0 aromatic rings. The molecule has 1 saturated heterocycles. The van der Waals surface area contributed by atoms with Gasteiger partial charge in [-0.15, -0.1) is 0 Å². The number of rotatable bonds is 4. The predicted molar refractivity (Wildman–Crippen MR) is 52.0 cm³/mol. The molecule has 1 fully saturated rings. The van der Waals surface area contributed by atoms with E-state index in [1.807, 2.05) is 0 Å². The van der Waals surface area contributed by atoms with Crippen molar-refractivity contribution in [3.05, 3.63) is 0 Å². The van der Waals surface area contributed by atoms with Gasteiger partial charge in [0.05, 0.1) is 5.92 Å². The standard InChI is InChI=1S/C10H15NO4/c1-2-7(10(14)15)6-11-8(12)4-3-5-9(11)13/h7H,2-6H2,1H3,(H,14,15). The average molecular weight is 213 g/mol. The van der Waals surface area contributed by atoms with Crippen LogP contribution in [0.25, 0.3) is 0 Å². The summed E-state index contributed by atoms with van der Waals surface area (Å²) in [5, 5.41) is 8.83. The van der Waals surface area contributed by atoms with Gasteiger partial charge < -0.3 is 5.11 Å². The summed E-state index contributed by atoms with van der Waals surface area (Å²) >= 11 is 0. The quantitative estimate of drug-likeness (QED) is 0.695. The molecule has 0 aromatic heterocycles. The van der Waals surface area contributed by atoms with Crippen molar-refractivity contribution in [3.8, 4) is 0 Å². The van der Waals surface area contributed by atoms with E-state index in [1.165, 1.54) is 0 Å². The Morgan fingerprint density at radius 1 is 1.40 bits per heavy atom. The fourth-order valence-electron chi connectivity index (χ4n) is 1.61. The lowest BCUT2D eigenvalue weighted by molar-refractivity contribution is -0.151. The van der Waals surface area contributed by atoms with Crippen LogP contribution in [0, 0.1) is 5.92 Å². The van der Waals surface area contributed by atoms with Crippen LogP contribution in [0.1, 0.15) is 32.6 Å². The smallest absolute Gasteiger partial charge is 0.308 e. The molecule has 0 radical (unpaired) electrons. The number of carbonyl (C=O) groups excluding carboxylic acids is 2. The summed E-state index contributed by atoms with van der Waals surface area (Å²) in [6, 6.07) is 0. The molecule has 0 aliphatic carbocycles. The Morgan fingerprint density at radius 3 is 2.33 bits per heavy atom. The number of likely N-dealkylation sites (tertiary alicyclic amines) is 1. The summed E-state index contributed by atoms with van der Waals surface area (Å²) < 4.78 is 0. The van der Waals surface area contributed by atoms with Gasteiger partial charge in [0.1, 0.15) is 0 Å². The van der Waals surface area contributed by atoms with Gasteiger partial charge in [-0.3, -0.25) is 19.3 Å². The Labute approximate surface area is 88.1 Å². The van der Waals surface area contributed by atoms with Crippen molar-refractivity contribution in [2.75, 3.05) is 6.54 Å². The zero-order chi connectivity index (χ0) is 11.4. The zero-order valence-electron chi connectivity index (χ0n) is 8.73. The zero-order valence-corrected chi connectivity index (χ0v) is 8.73. The molecule has 84 valence electrons. The lowest BCUT2D eigenvalue weighted by atomic mass is 10.0. The summed E-state index contributed by atoms with van der Waals surface area (Å²) in [7, 11) is 0. The molecule has 1 heterocycles. The monoisotopic (exact) mass is 213 g/mol. The molecule has 1 rings (SSSR count). The van der Waals surface area contributed by atoms with E-state index >= 15 is 0 Å². The van der Waals surface area contributed by atoms with Gasteiger partial charge in [0, 0.05) is 19.4 Å². The Bertz CT molecular complexity index is 271. The van der Waals surface area contributed by atoms with E-state index in [1.54, 1.807) is 6.92 Å². The SMILES string of the molecule is CCC(CN1C(=O)CCCC1=O)C(=O)O. The number of carbonyl (C=O) groups is 3. The van der Waals surface area contributed by atoms with Crippen LogP contribution in [0.3, 0.4) is 0 Å². The Hall–Kier alpha value is -1.39. The first-order valence-corrected chi connectivity index (χ1v) is 5.12. The molecule has 1 N–H and O–H groups in total. The van der Waals surface area contributed by atoms with Crippen LogP contribution in [0.4, 0.5) is 0 Å². The van der Waals surface area contributed by atoms with Crippen molar-refractivity contribution in [3.63, 3.8) is 0 Å². The van der Waals surface area contributed by atoms with Crippen LogP contribution in [-0.4, -0.2) is 34.3 Å². The average Bonchev–Trinajstić information content (AvgIpc) is 2.17. The first-order valence-electron chi connectivity index (χ1n) is 5.12. The molecule has 5 nitrogen and oxygen atoms in total. The minimum absolute atomic E-state index is 0.0174. The lowest BCUT2D eigenvalue weighted by Gasteiger charge is -2.26. The van der Waals surface area contributed by atoms with E-state index in [0.717, 1.165) is 4.90 Å². The first kappa shape index (κ1) is 11.7. The van der Waals surface area contributed by atoms with Gasteiger partial charge in [-0.2, -0.15) is 0 Å². The van der Waals surface area contributed by atoms with Crippen molar-refractivity contribution in [1.82, 2.24) is 4.90 Å². The van der Waals surface area contributed by atoms with E-state index < -0.39 is 11.9 Å². The molecular formula is C10H15NO4. The fourth-order valence-corrected chi connectivity index (χ4v) is 1.61. The maximum Gasteiger partial charge on any atom is 0.308 e. The highest BCUT2D eigenvalue weighted by Gasteiger charge is 2.29. The van der Waals surface area contributed by atoms with Gasteiger partial charge in [0.2, 0.25) is 11.8 Å². The molecule has 2 amide bonds. The fraction of sp³-hybridized carbons (Fsp3) is 0.700. The van der Waals surface area contributed by atoms with Crippen molar-refractivity contribution < 1.29 is 19.5 Å². The number of hydrogen-bond donors (Lipinski definition) is 1. The Kier molecular flexibility index (Phi) is 3.82. The molecule has 0 bridgehead atoms. The van der Waals surface area contributed by atoms with Gasteiger partial charge >= 0.3 is 5.97 Å². The second-order valence-corrected chi connectivity index (χ2v) is 3.70. The normalized spacial score (nSPS) is 19.1. The Morgan fingerprint density at radius 2 is 1.93 bits per heavy atom. The Balaban J connectivity index is 2.65. The molecular weight excluding hydrogens is 198 g/mol. The number of carboxylic acid groups (broad SMARTS) is 1. The van der Waals surface area contributed by atoms with E-state index in [9.17, 15) is 14.4 Å². The number of piperidine rings is 1. The summed E-state index contributed by atoms with van der Waals surface area (Å²) in [5.74, 6) is -2.09. The number of imide groups is 1. The van der Waals surface area contributed by atoms with Gasteiger partial charge in [0.25, 0.3) is 0 Å². The highest BCUT2D eigenvalue weighted by molar-refractivity contribution is 5.97. The van der Waals surface area contributed by atoms with Crippen LogP contribution >= 0.6 is 0 Å². The van der Waals surface area contributed by atoms with Gasteiger partial charge in [-0.25, -0.2) is 0 Å². The van der Waals surface area contributed by atoms with Crippen LogP contribution in [0.15, 0.2) is 0 Å². The predicted octanol–water partition coefficient (Wildman–Crippen LogP) is 0.636. The van der Waals surface area contributed by atoms with Crippen molar-refractivity contribution >= 4 is 17.8 Å². The number of nitrogens with zero attached hydrogens (tertiary/aromatic N) is 1. The third-order valence-corrected chi connectivity index (χ3v) is 2.63. The summed E-state index contributed by atoms with van der Waals surface area (Å²) in [5.41, 5.74) is 0. The van der Waals surface area contributed by atoms with Gasteiger partial charge in [-0.1, -0.05) is 6.92 Å². The number of aliphatic carboxylic acids is 1. The van der Waals surface area contributed by atoms with Crippen LogP contribution in [0.2, 0.25) is 0 Å². The number of amides is 2. The summed E-state index contributed by atoms with van der Waals surface area (Å²) in [6.45, 7) is 1.75. The van der Waals surface area contributed by atoms with E-state index in [-0.39, 0.29) is 18.4 Å². The minimum Gasteiger partial charge on any atom is -0.481 e. The highest BCUT2D eigenvalue weighted by Crippen LogP contribution is 2.15. The number of carboxylic acids is 1. The molecule has 1 aliphatic heterocycles. The molecule has 0 aromatic carbocycles. The van der Waals surface area contributed by atoms with Gasteiger partial charge in [0.15, 0.2) is 0 Å². The number of hydrogen-bond acceptors (Lipinski definition) is 3. The second-order valence-electron chi connectivity index (χ2n) is 3.70. The lowest BCUT2D eigenvalue weighted by Crippen LogP contribution is -2.44. The van der Waals surface area contributed by atoms with Crippen molar-refractivity contribution in [2.24, 2.45) is 5.92 Å². The summed E-state index contributed by atoms with van der Waals surface area (Å²) in [4.78, 5) is 34.6. The third kappa shape index (κ3) is 2.78. The van der Waals surface area contributed by atoms with Gasteiger partial charge in [-0.05, 0) is 12.8 Å². The van der Waals surface area contributed by atoms with Crippen molar-refractivity contribution in [2.45, 2.75) is 32.6 Å². The molecule has 1 atom stereocenters. The van der Waals surface area contributed by atoms with Crippen molar-refractivity contribution in [1.29, 1.82) is 0 Å². The molecule has 15 heavy (non-hydrogen) atoms. The first-order chi connectivity index (χ1) is 7.06. The maximum atomic E-state index is 11.4. The topological polar surface area (TPSA) is 74.7 Å². The molecule has 1 aliphatic rings. The van der Waals surface area contributed by atoms with Crippen LogP contribution in [0.5, 0.6) is 0 Å². The van der Waals surface area contributed by atoms with Crippen LogP contribution in [-0.2, 0) is 14.4 Å². The van der Waals surface area contributed by atoms with Crippen LogP contribution < -0.4 is 0 Å². The van der Waals surface area contributed by atoms with E-state index in [4.69, 9.17) is 5.11 Å². The molecule has 5 heteroatoms. The summed E-state index contributed by atoms with van der Waals surface area (Å²) in [6.07, 6.45) is 1.70. The molecule has 1 unspecified atom stereocenters. The maximum absolute atomic E-state index is 11.4. The largest absolute Gasteiger partial charge is 0.481 e.